The van der Waals surface area contributed by atoms with Crippen molar-refractivity contribution in [2.24, 2.45) is 10.9 Å². The van der Waals surface area contributed by atoms with Crippen LogP contribution in [0.4, 0.5) is 0 Å². The molecule has 5 nitrogen and oxygen atoms in total. The number of nitrogens with zero attached hydrogens (tertiary/aromatic N) is 1. The van der Waals surface area contributed by atoms with E-state index in [0.717, 1.165) is 50.3 Å². The molecule has 1 aromatic rings. The molecule has 6 heteroatoms. The van der Waals surface area contributed by atoms with Crippen LogP contribution in [-0.4, -0.2) is 38.8 Å². The highest BCUT2D eigenvalue weighted by atomic mass is 127. The first-order valence-electron chi connectivity index (χ1n) is 9.00. The van der Waals surface area contributed by atoms with E-state index in [1.165, 1.54) is 32.1 Å². The molecule has 0 aliphatic heterocycles. The molecule has 1 fully saturated rings. The molecule has 0 amide bonds. The van der Waals surface area contributed by atoms with Gasteiger partial charge in [0.15, 0.2) is 5.96 Å². The van der Waals surface area contributed by atoms with Crippen LogP contribution in [0, 0.1) is 5.92 Å². The Morgan fingerprint density at radius 2 is 2.04 bits per heavy atom. The molecule has 0 aromatic carbocycles. The lowest BCUT2D eigenvalue weighted by atomic mass is 9.89. The number of guanidine groups is 1. The molecule has 0 saturated heterocycles. The zero-order valence-corrected chi connectivity index (χ0v) is 17.1. The highest BCUT2D eigenvalue weighted by molar-refractivity contribution is 14.0. The molecular formula is C18H32IN3O2. The van der Waals surface area contributed by atoms with E-state index in [1.807, 2.05) is 19.1 Å². The first-order chi connectivity index (χ1) is 11.4. The number of furan rings is 1. The van der Waals surface area contributed by atoms with Crippen molar-refractivity contribution in [3.63, 3.8) is 0 Å². The van der Waals surface area contributed by atoms with E-state index in [1.54, 1.807) is 6.26 Å². The van der Waals surface area contributed by atoms with Gasteiger partial charge in [-0.3, -0.25) is 4.99 Å². The third-order valence-corrected chi connectivity index (χ3v) is 4.22. The lowest BCUT2D eigenvalue weighted by Crippen LogP contribution is -2.40. The van der Waals surface area contributed by atoms with Gasteiger partial charge in [0.2, 0.25) is 0 Å². The Balaban J connectivity index is 0.00000288. The molecule has 1 saturated carbocycles. The van der Waals surface area contributed by atoms with Gasteiger partial charge >= 0.3 is 0 Å². The molecule has 0 spiro atoms. The summed E-state index contributed by atoms with van der Waals surface area (Å²) >= 11 is 0. The SMILES string of the molecule is CCOCCNC(=NCC1CCCCC1)NCCc1ccco1.I. The van der Waals surface area contributed by atoms with Gasteiger partial charge in [0.1, 0.15) is 5.76 Å². The van der Waals surface area contributed by atoms with Gasteiger partial charge in [-0.2, -0.15) is 0 Å². The van der Waals surface area contributed by atoms with Crippen molar-refractivity contribution in [2.75, 3.05) is 32.8 Å². The van der Waals surface area contributed by atoms with Gasteiger partial charge in [-0.25, -0.2) is 0 Å². The van der Waals surface area contributed by atoms with Crippen LogP contribution < -0.4 is 10.6 Å². The predicted octanol–water partition coefficient (Wildman–Crippen LogP) is 3.59. The Bertz CT molecular complexity index is 431. The van der Waals surface area contributed by atoms with Gasteiger partial charge in [0.25, 0.3) is 0 Å². The largest absolute Gasteiger partial charge is 0.469 e. The summed E-state index contributed by atoms with van der Waals surface area (Å²) in [6.45, 7) is 6.00. The second kappa shape index (κ2) is 13.5. The summed E-state index contributed by atoms with van der Waals surface area (Å²) in [6.07, 6.45) is 9.33. The lowest BCUT2D eigenvalue weighted by Gasteiger charge is -2.20. The first-order valence-corrected chi connectivity index (χ1v) is 9.00. The minimum absolute atomic E-state index is 0. The number of hydrogen-bond acceptors (Lipinski definition) is 3. The zero-order valence-electron chi connectivity index (χ0n) is 14.8. The van der Waals surface area contributed by atoms with E-state index in [2.05, 4.69) is 10.6 Å². The molecular weight excluding hydrogens is 417 g/mol. The first kappa shape index (κ1) is 21.3. The smallest absolute Gasteiger partial charge is 0.191 e. The van der Waals surface area contributed by atoms with Crippen molar-refractivity contribution < 1.29 is 9.15 Å². The topological polar surface area (TPSA) is 58.8 Å². The Morgan fingerprint density at radius 1 is 1.25 bits per heavy atom. The minimum Gasteiger partial charge on any atom is -0.469 e. The molecule has 2 rings (SSSR count). The van der Waals surface area contributed by atoms with Crippen molar-refractivity contribution in [3.8, 4) is 0 Å². The number of nitrogens with one attached hydrogen (secondary N) is 2. The van der Waals surface area contributed by atoms with Crippen molar-refractivity contribution in [1.29, 1.82) is 0 Å². The summed E-state index contributed by atoms with van der Waals surface area (Å²) in [6, 6.07) is 3.93. The maximum Gasteiger partial charge on any atom is 0.191 e. The number of hydrogen-bond donors (Lipinski definition) is 2. The van der Waals surface area contributed by atoms with Crippen LogP contribution in [0.1, 0.15) is 44.8 Å². The molecule has 1 aromatic heterocycles. The molecule has 0 radical (unpaired) electrons. The standard InChI is InChI=1S/C18H31N3O2.HI/c1-2-22-14-12-20-18(19-11-10-17-9-6-13-23-17)21-15-16-7-4-3-5-8-16;/h6,9,13,16H,2-5,7-8,10-12,14-15H2,1H3,(H2,19,20,21);1H. The van der Waals surface area contributed by atoms with Crippen molar-refractivity contribution in [3.05, 3.63) is 24.2 Å². The van der Waals surface area contributed by atoms with Crippen molar-refractivity contribution in [1.82, 2.24) is 10.6 Å². The molecule has 2 N–H and O–H groups in total. The zero-order chi connectivity index (χ0) is 16.2. The average molecular weight is 449 g/mol. The molecule has 1 heterocycles. The Labute approximate surface area is 163 Å². The third kappa shape index (κ3) is 8.92. The van der Waals surface area contributed by atoms with E-state index >= 15 is 0 Å². The Morgan fingerprint density at radius 3 is 2.75 bits per heavy atom. The van der Waals surface area contributed by atoms with Gasteiger partial charge in [-0.15, -0.1) is 24.0 Å². The van der Waals surface area contributed by atoms with Crippen LogP contribution >= 0.6 is 24.0 Å². The van der Waals surface area contributed by atoms with E-state index in [9.17, 15) is 0 Å². The monoisotopic (exact) mass is 449 g/mol. The Hall–Kier alpha value is -0.760. The van der Waals surface area contributed by atoms with Crippen molar-refractivity contribution >= 4 is 29.9 Å². The number of aliphatic imine (C=N–C) groups is 1. The summed E-state index contributed by atoms with van der Waals surface area (Å²) in [7, 11) is 0. The maximum atomic E-state index is 5.38. The predicted molar refractivity (Wildman–Crippen MR) is 109 cm³/mol. The quantitative estimate of drug-likeness (QED) is 0.262. The van der Waals surface area contributed by atoms with E-state index < -0.39 is 0 Å². The molecule has 1 aliphatic rings. The van der Waals surface area contributed by atoms with Gasteiger partial charge in [-0.1, -0.05) is 19.3 Å². The average Bonchev–Trinajstić information content (AvgIpc) is 3.10. The minimum atomic E-state index is 0. The van der Waals surface area contributed by atoms with Gasteiger partial charge in [-0.05, 0) is 37.8 Å². The van der Waals surface area contributed by atoms with Crippen LogP contribution in [0.15, 0.2) is 27.8 Å². The van der Waals surface area contributed by atoms with Crippen LogP contribution in [0.5, 0.6) is 0 Å². The van der Waals surface area contributed by atoms with Crippen LogP contribution in [0.25, 0.3) is 0 Å². The molecule has 0 unspecified atom stereocenters. The molecule has 0 bridgehead atoms. The summed E-state index contributed by atoms with van der Waals surface area (Å²) < 4.78 is 10.7. The molecule has 24 heavy (non-hydrogen) atoms. The fourth-order valence-electron chi connectivity index (χ4n) is 2.91. The second-order valence-corrected chi connectivity index (χ2v) is 6.07. The van der Waals surface area contributed by atoms with Crippen molar-refractivity contribution in [2.45, 2.75) is 45.4 Å². The van der Waals surface area contributed by atoms with Crippen LogP contribution in [0.3, 0.4) is 0 Å². The van der Waals surface area contributed by atoms with E-state index in [0.29, 0.717) is 6.61 Å². The van der Waals surface area contributed by atoms with Crippen LogP contribution in [-0.2, 0) is 11.2 Å². The highest BCUT2D eigenvalue weighted by Gasteiger charge is 2.13. The van der Waals surface area contributed by atoms with Crippen LogP contribution in [0.2, 0.25) is 0 Å². The fraction of sp³-hybridized carbons (Fsp3) is 0.722. The highest BCUT2D eigenvalue weighted by Crippen LogP contribution is 2.23. The molecule has 138 valence electrons. The summed E-state index contributed by atoms with van der Waals surface area (Å²) in [5.74, 6) is 2.64. The summed E-state index contributed by atoms with van der Waals surface area (Å²) in [5, 5.41) is 6.76. The summed E-state index contributed by atoms with van der Waals surface area (Å²) in [4.78, 5) is 4.77. The lowest BCUT2D eigenvalue weighted by molar-refractivity contribution is 0.152. The fourth-order valence-corrected chi connectivity index (χ4v) is 2.91. The maximum absolute atomic E-state index is 5.38. The second-order valence-electron chi connectivity index (χ2n) is 6.07. The number of ether oxygens (including phenoxy) is 1. The molecule has 1 aliphatic carbocycles. The summed E-state index contributed by atoms with van der Waals surface area (Å²) in [5.41, 5.74) is 0. The third-order valence-electron chi connectivity index (χ3n) is 4.22. The van der Waals surface area contributed by atoms with E-state index in [4.69, 9.17) is 14.1 Å². The van der Waals surface area contributed by atoms with Gasteiger partial charge in [0.05, 0.1) is 12.9 Å². The molecule has 0 atom stereocenters. The van der Waals surface area contributed by atoms with E-state index in [-0.39, 0.29) is 24.0 Å². The number of rotatable bonds is 9. The Kier molecular flexibility index (Phi) is 12.0. The van der Waals surface area contributed by atoms with Gasteiger partial charge in [0, 0.05) is 32.7 Å². The normalized spacial score (nSPS) is 15.8. The van der Waals surface area contributed by atoms with Gasteiger partial charge < -0.3 is 19.8 Å². The number of halogens is 1.